The molecule has 188 valence electrons. The van der Waals surface area contributed by atoms with E-state index in [2.05, 4.69) is 10.6 Å². The molecule has 1 aromatic heterocycles. The number of anilines is 1. The van der Waals surface area contributed by atoms with Crippen LogP contribution in [-0.4, -0.2) is 37.4 Å². The number of hydrogen-bond acceptors (Lipinski definition) is 5. The van der Waals surface area contributed by atoms with Crippen molar-refractivity contribution < 1.29 is 23.5 Å². The Morgan fingerprint density at radius 1 is 0.972 bits per heavy atom. The molecule has 0 spiro atoms. The van der Waals surface area contributed by atoms with Gasteiger partial charge in [0.25, 0.3) is 5.91 Å². The molecule has 0 bridgehead atoms. The lowest BCUT2D eigenvalue weighted by Gasteiger charge is -2.33. The summed E-state index contributed by atoms with van der Waals surface area (Å²) in [5.74, 6) is -0.444. The topological polar surface area (TPSA) is 101 Å². The van der Waals surface area contributed by atoms with Crippen LogP contribution >= 0.6 is 0 Å². The van der Waals surface area contributed by atoms with E-state index in [1.54, 1.807) is 61.7 Å². The van der Waals surface area contributed by atoms with Crippen molar-refractivity contribution in [3.63, 3.8) is 0 Å². The second-order valence-electron chi connectivity index (χ2n) is 8.78. The molecule has 0 aliphatic heterocycles. The van der Waals surface area contributed by atoms with E-state index in [0.29, 0.717) is 17.0 Å². The van der Waals surface area contributed by atoms with E-state index in [4.69, 9.17) is 9.15 Å². The first kappa shape index (κ1) is 25.0. The lowest BCUT2D eigenvalue weighted by atomic mass is 9.94. The van der Waals surface area contributed by atoms with Gasteiger partial charge in [0.15, 0.2) is 5.76 Å². The van der Waals surface area contributed by atoms with Crippen molar-refractivity contribution in [1.29, 1.82) is 0 Å². The maximum Gasteiger partial charge on any atom is 0.287 e. The quantitative estimate of drug-likeness (QED) is 0.468. The lowest BCUT2D eigenvalue weighted by Crippen LogP contribution is -2.49. The van der Waals surface area contributed by atoms with Crippen LogP contribution in [0, 0.1) is 0 Å². The van der Waals surface area contributed by atoms with Crippen molar-refractivity contribution in [3.8, 4) is 5.75 Å². The summed E-state index contributed by atoms with van der Waals surface area (Å²) in [6.07, 6.45) is 6.52. The van der Waals surface area contributed by atoms with E-state index in [0.717, 1.165) is 32.1 Å². The first-order valence-corrected chi connectivity index (χ1v) is 12.2. The van der Waals surface area contributed by atoms with Crippen LogP contribution in [0.3, 0.4) is 0 Å². The van der Waals surface area contributed by atoms with E-state index >= 15 is 0 Å². The highest BCUT2D eigenvalue weighted by molar-refractivity contribution is 6.04. The molecule has 1 saturated carbocycles. The number of benzene rings is 2. The molecule has 1 aliphatic rings. The fourth-order valence-electron chi connectivity index (χ4n) is 4.49. The molecule has 1 fully saturated rings. The highest BCUT2D eigenvalue weighted by Gasteiger charge is 2.34. The smallest absolute Gasteiger partial charge is 0.287 e. The zero-order chi connectivity index (χ0) is 25.3. The number of carbonyl (C=O) groups is 3. The van der Waals surface area contributed by atoms with Gasteiger partial charge in [0.05, 0.1) is 19.9 Å². The fraction of sp³-hybridized carbons (Fsp3) is 0.321. The minimum Gasteiger partial charge on any atom is -0.497 e. The second-order valence-corrected chi connectivity index (χ2v) is 8.78. The van der Waals surface area contributed by atoms with Gasteiger partial charge in [0.2, 0.25) is 11.8 Å². The summed E-state index contributed by atoms with van der Waals surface area (Å²) < 4.78 is 10.4. The summed E-state index contributed by atoms with van der Waals surface area (Å²) in [5.41, 5.74) is 1.19. The zero-order valence-corrected chi connectivity index (χ0v) is 20.3. The molecule has 36 heavy (non-hydrogen) atoms. The van der Waals surface area contributed by atoms with Gasteiger partial charge in [-0.1, -0.05) is 49.6 Å². The Morgan fingerprint density at radius 2 is 1.69 bits per heavy atom. The molecule has 0 radical (unpaired) electrons. The van der Waals surface area contributed by atoms with Crippen molar-refractivity contribution >= 4 is 23.4 Å². The van der Waals surface area contributed by atoms with Gasteiger partial charge in [-0.15, -0.1) is 0 Å². The standard InChI is InChI=1S/C28H31N3O5/c1-35-23-16-14-20(15-17-23)26(28(34)30-21-9-4-2-5-10-21)31(22-11-6-3-7-12-22)25(32)19-29-27(33)24-13-8-18-36-24/h3,6-8,11-18,21,26H,2,4-5,9-10,19H2,1H3,(H,29,33)(H,30,34)/t26-/m0/s1. The molecule has 8 nitrogen and oxygen atoms in total. The molecule has 1 heterocycles. The summed E-state index contributed by atoms with van der Waals surface area (Å²) in [6, 6.07) is 18.4. The summed E-state index contributed by atoms with van der Waals surface area (Å²) in [6.45, 7) is -0.308. The summed E-state index contributed by atoms with van der Waals surface area (Å²) >= 11 is 0. The molecule has 3 amide bonds. The molecule has 3 aromatic rings. The normalized spacial score (nSPS) is 14.5. The number of furan rings is 1. The number of methoxy groups -OCH3 is 1. The van der Waals surface area contributed by atoms with E-state index in [1.165, 1.54) is 17.2 Å². The van der Waals surface area contributed by atoms with Gasteiger partial charge in [-0.25, -0.2) is 0 Å². The first-order chi connectivity index (χ1) is 17.6. The van der Waals surface area contributed by atoms with Gasteiger partial charge in [-0.05, 0) is 54.8 Å². The monoisotopic (exact) mass is 489 g/mol. The van der Waals surface area contributed by atoms with Crippen molar-refractivity contribution in [2.75, 3.05) is 18.6 Å². The molecular formula is C28H31N3O5. The molecule has 4 rings (SSSR count). The SMILES string of the molecule is COc1ccc([C@@H](C(=O)NC2CCCCC2)N(C(=O)CNC(=O)c2ccco2)c2ccccc2)cc1. The van der Waals surface area contributed by atoms with Crippen molar-refractivity contribution in [2.24, 2.45) is 0 Å². The number of ether oxygens (including phenoxy) is 1. The van der Waals surface area contributed by atoms with E-state index < -0.39 is 17.9 Å². The minimum atomic E-state index is -0.937. The molecule has 1 aliphatic carbocycles. The maximum atomic E-state index is 13.8. The van der Waals surface area contributed by atoms with E-state index in [1.807, 2.05) is 6.07 Å². The van der Waals surface area contributed by atoms with E-state index in [-0.39, 0.29) is 24.3 Å². The Hall–Kier alpha value is -4.07. The number of para-hydroxylation sites is 1. The summed E-state index contributed by atoms with van der Waals surface area (Å²) in [5, 5.41) is 5.78. The maximum absolute atomic E-state index is 13.8. The zero-order valence-electron chi connectivity index (χ0n) is 20.3. The van der Waals surface area contributed by atoms with Gasteiger partial charge in [-0.2, -0.15) is 0 Å². The second kappa shape index (κ2) is 12.1. The molecule has 0 saturated heterocycles. The number of hydrogen-bond donors (Lipinski definition) is 2. The average Bonchev–Trinajstić information content (AvgIpc) is 3.46. The highest BCUT2D eigenvalue weighted by Crippen LogP contribution is 2.30. The molecule has 2 N–H and O–H groups in total. The van der Waals surface area contributed by atoms with Crippen molar-refractivity contribution in [3.05, 3.63) is 84.3 Å². The highest BCUT2D eigenvalue weighted by atomic mass is 16.5. The van der Waals surface area contributed by atoms with Crippen LogP contribution < -0.4 is 20.3 Å². The van der Waals surface area contributed by atoms with Gasteiger partial charge < -0.3 is 19.8 Å². The number of amides is 3. The van der Waals surface area contributed by atoms with Gasteiger partial charge in [0, 0.05) is 11.7 Å². The molecule has 0 unspecified atom stereocenters. The van der Waals surface area contributed by atoms with Crippen LogP contribution in [0.25, 0.3) is 0 Å². The summed E-state index contributed by atoms with van der Waals surface area (Å²) in [7, 11) is 1.57. The number of rotatable bonds is 9. The third-order valence-electron chi connectivity index (χ3n) is 6.34. The predicted octanol–water partition coefficient (Wildman–Crippen LogP) is 4.24. The Kier molecular flexibility index (Phi) is 8.39. The van der Waals surface area contributed by atoms with Crippen LogP contribution in [0.5, 0.6) is 5.75 Å². The average molecular weight is 490 g/mol. The molecule has 2 aromatic carbocycles. The first-order valence-electron chi connectivity index (χ1n) is 12.2. The predicted molar refractivity (Wildman–Crippen MR) is 136 cm³/mol. The number of nitrogens with one attached hydrogen (secondary N) is 2. The Balaban J connectivity index is 1.65. The molecular weight excluding hydrogens is 458 g/mol. The Bertz CT molecular complexity index is 1140. The van der Waals surface area contributed by atoms with Crippen LogP contribution in [0.1, 0.15) is 54.3 Å². The third kappa shape index (κ3) is 6.13. The fourth-order valence-corrected chi connectivity index (χ4v) is 4.49. The van der Waals surface area contributed by atoms with Crippen LogP contribution in [0.15, 0.2) is 77.4 Å². The van der Waals surface area contributed by atoms with E-state index in [9.17, 15) is 14.4 Å². The largest absolute Gasteiger partial charge is 0.497 e. The van der Waals surface area contributed by atoms with Gasteiger partial charge >= 0.3 is 0 Å². The molecule has 8 heteroatoms. The number of nitrogens with zero attached hydrogens (tertiary/aromatic N) is 1. The van der Waals surface area contributed by atoms with Gasteiger partial charge in [-0.3, -0.25) is 19.3 Å². The summed E-state index contributed by atoms with van der Waals surface area (Å²) in [4.78, 5) is 41.3. The van der Waals surface area contributed by atoms with Crippen LogP contribution in [0.4, 0.5) is 5.69 Å². The number of carbonyl (C=O) groups excluding carboxylic acids is 3. The van der Waals surface area contributed by atoms with Gasteiger partial charge in [0.1, 0.15) is 11.8 Å². The van der Waals surface area contributed by atoms with Crippen LogP contribution in [0.2, 0.25) is 0 Å². The lowest BCUT2D eigenvalue weighted by molar-refractivity contribution is -0.127. The van der Waals surface area contributed by atoms with Crippen molar-refractivity contribution in [2.45, 2.75) is 44.2 Å². The van der Waals surface area contributed by atoms with Crippen LogP contribution in [-0.2, 0) is 9.59 Å². The minimum absolute atomic E-state index is 0.0679. The Morgan fingerprint density at radius 3 is 2.33 bits per heavy atom. The Labute approximate surface area is 210 Å². The van der Waals surface area contributed by atoms with Crippen molar-refractivity contribution in [1.82, 2.24) is 10.6 Å². The third-order valence-corrected chi connectivity index (χ3v) is 6.34. The molecule has 1 atom stereocenters.